The van der Waals surface area contributed by atoms with Crippen LogP contribution in [0.4, 0.5) is 0 Å². The second-order valence-electron chi connectivity index (χ2n) is 4.22. The molecule has 1 rings (SSSR count). The van der Waals surface area contributed by atoms with Crippen molar-refractivity contribution >= 4 is 8.80 Å². The lowest BCUT2D eigenvalue weighted by Gasteiger charge is -2.13. The van der Waals surface area contributed by atoms with E-state index in [1.165, 1.54) is 17.2 Å². The monoisotopic (exact) mass is 191 g/mol. The predicted molar refractivity (Wildman–Crippen MR) is 61.9 cm³/mol. The van der Waals surface area contributed by atoms with Crippen molar-refractivity contribution in [2.75, 3.05) is 0 Å². The highest BCUT2D eigenvalue weighted by Crippen LogP contribution is 2.21. The summed E-state index contributed by atoms with van der Waals surface area (Å²) in [5.74, 6) is 0.740. The second-order valence-corrected chi connectivity index (χ2v) is 7.05. The molecule has 1 unspecified atom stereocenters. The maximum absolute atomic E-state index is 2.38. The van der Waals surface area contributed by atoms with Gasteiger partial charge in [0.2, 0.25) is 0 Å². The first-order valence-electron chi connectivity index (χ1n) is 4.95. The van der Waals surface area contributed by atoms with Gasteiger partial charge in [-0.1, -0.05) is 55.9 Å². The molecule has 13 heavy (non-hydrogen) atoms. The molecule has 0 heterocycles. The van der Waals surface area contributed by atoms with Crippen LogP contribution in [0.2, 0.25) is 19.1 Å². The van der Waals surface area contributed by atoms with Gasteiger partial charge in [-0.15, -0.1) is 0 Å². The van der Waals surface area contributed by atoms with E-state index in [1.54, 1.807) is 0 Å². The first-order valence-corrected chi connectivity index (χ1v) is 7.66. The fourth-order valence-corrected chi connectivity index (χ4v) is 3.09. The van der Waals surface area contributed by atoms with Gasteiger partial charge in [-0.05, 0) is 18.4 Å². The van der Waals surface area contributed by atoms with Crippen molar-refractivity contribution in [2.24, 2.45) is 0 Å². The normalized spacial score (nSPS) is 13.3. The van der Waals surface area contributed by atoms with Gasteiger partial charge < -0.3 is 0 Å². The lowest BCUT2D eigenvalue weighted by Crippen LogP contribution is -2.05. The summed E-state index contributed by atoms with van der Waals surface area (Å²) in [6, 6.07) is 10.3. The van der Waals surface area contributed by atoms with Crippen LogP contribution in [0, 0.1) is 6.92 Å². The Kier molecular flexibility index (Phi) is 3.73. The van der Waals surface area contributed by atoms with Gasteiger partial charge in [0.15, 0.2) is 0 Å². The molecule has 0 spiro atoms. The Balaban J connectivity index is 2.66. The highest BCUT2D eigenvalue weighted by molar-refractivity contribution is 6.55. The van der Waals surface area contributed by atoms with Gasteiger partial charge in [-0.3, -0.25) is 0 Å². The predicted octanol–water partition coefficient (Wildman–Crippen LogP) is 3.85. The average Bonchev–Trinajstić information content (AvgIpc) is 2.04. The molecule has 1 radical (unpaired) electrons. The molecule has 0 saturated heterocycles. The molecule has 1 atom stereocenters. The molecule has 71 valence electrons. The van der Waals surface area contributed by atoms with Gasteiger partial charge in [0.25, 0.3) is 0 Å². The minimum Gasteiger partial charge on any atom is -0.0713 e. The smallest absolute Gasteiger partial charge is 0.0419 e. The van der Waals surface area contributed by atoms with Gasteiger partial charge in [-0.25, -0.2) is 0 Å². The van der Waals surface area contributed by atoms with E-state index < -0.39 is 0 Å². The summed E-state index contributed by atoms with van der Waals surface area (Å²) in [7, 11) is -0.0908. The van der Waals surface area contributed by atoms with Crippen LogP contribution in [0.1, 0.15) is 24.0 Å². The molecular weight excluding hydrogens is 172 g/mol. The number of hydrogen-bond donors (Lipinski definition) is 0. The third-order valence-electron chi connectivity index (χ3n) is 2.36. The van der Waals surface area contributed by atoms with E-state index in [0.717, 1.165) is 5.92 Å². The lowest BCUT2D eigenvalue weighted by molar-refractivity contribution is 0.853. The minimum atomic E-state index is -0.0908. The number of hydrogen-bond acceptors (Lipinski definition) is 0. The van der Waals surface area contributed by atoms with Crippen LogP contribution in [-0.4, -0.2) is 8.80 Å². The van der Waals surface area contributed by atoms with E-state index in [-0.39, 0.29) is 8.80 Å². The number of benzene rings is 1. The second kappa shape index (κ2) is 4.61. The van der Waals surface area contributed by atoms with Crippen molar-refractivity contribution in [2.45, 2.75) is 38.9 Å². The Morgan fingerprint density at radius 3 is 2.15 bits per heavy atom. The molecule has 0 aliphatic rings. The SMILES string of the molecule is Cc1ccc(C(C)C[Si](C)C)cc1. The van der Waals surface area contributed by atoms with Crippen LogP contribution >= 0.6 is 0 Å². The first kappa shape index (κ1) is 10.5. The summed E-state index contributed by atoms with van der Waals surface area (Å²) in [6.07, 6.45) is 0. The number of aryl methyl sites for hydroxylation is 1. The Morgan fingerprint density at radius 1 is 1.15 bits per heavy atom. The highest BCUT2D eigenvalue weighted by Gasteiger charge is 2.07. The molecule has 0 aliphatic carbocycles. The molecule has 0 bridgehead atoms. The standard InChI is InChI=1S/C12H19Si/c1-10-5-7-12(8-6-10)11(2)9-13(3)4/h5-8,11H,9H2,1-4H3. The van der Waals surface area contributed by atoms with Crippen molar-refractivity contribution in [1.29, 1.82) is 0 Å². The maximum Gasteiger partial charge on any atom is 0.0419 e. The van der Waals surface area contributed by atoms with Crippen LogP contribution in [0.5, 0.6) is 0 Å². The van der Waals surface area contributed by atoms with Gasteiger partial charge in [0.1, 0.15) is 0 Å². The molecule has 1 aromatic carbocycles. The van der Waals surface area contributed by atoms with Crippen molar-refractivity contribution in [3.05, 3.63) is 35.4 Å². The highest BCUT2D eigenvalue weighted by atomic mass is 28.3. The van der Waals surface area contributed by atoms with Gasteiger partial charge >= 0.3 is 0 Å². The van der Waals surface area contributed by atoms with Crippen LogP contribution in [-0.2, 0) is 0 Å². The molecule has 0 saturated carbocycles. The molecular formula is C12H19Si. The molecule has 0 aromatic heterocycles. The van der Waals surface area contributed by atoms with E-state index in [0.29, 0.717) is 0 Å². The zero-order valence-corrected chi connectivity index (χ0v) is 10.1. The van der Waals surface area contributed by atoms with E-state index in [4.69, 9.17) is 0 Å². The van der Waals surface area contributed by atoms with Gasteiger partial charge in [0.05, 0.1) is 0 Å². The molecule has 0 nitrogen and oxygen atoms in total. The maximum atomic E-state index is 2.38. The van der Waals surface area contributed by atoms with Crippen molar-refractivity contribution in [3.63, 3.8) is 0 Å². The topological polar surface area (TPSA) is 0 Å². The number of rotatable bonds is 3. The summed E-state index contributed by atoms with van der Waals surface area (Å²) in [6.45, 7) is 9.25. The van der Waals surface area contributed by atoms with Crippen LogP contribution in [0.15, 0.2) is 24.3 Å². The molecule has 1 heteroatoms. The molecule has 0 amide bonds. The van der Waals surface area contributed by atoms with Gasteiger partial charge in [-0.2, -0.15) is 0 Å². The van der Waals surface area contributed by atoms with E-state index in [2.05, 4.69) is 51.2 Å². The molecule has 1 aromatic rings. The van der Waals surface area contributed by atoms with Crippen molar-refractivity contribution in [1.82, 2.24) is 0 Å². The summed E-state index contributed by atoms with van der Waals surface area (Å²) >= 11 is 0. The van der Waals surface area contributed by atoms with Crippen LogP contribution < -0.4 is 0 Å². The summed E-state index contributed by atoms with van der Waals surface area (Å²) in [4.78, 5) is 0. The molecule has 0 N–H and O–H groups in total. The summed E-state index contributed by atoms with van der Waals surface area (Å²) in [5.41, 5.74) is 2.85. The van der Waals surface area contributed by atoms with E-state index in [9.17, 15) is 0 Å². The third-order valence-corrected chi connectivity index (χ3v) is 3.79. The lowest BCUT2D eigenvalue weighted by atomic mass is 10.0. The fraction of sp³-hybridized carbons (Fsp3) is 0.500. The Bertz CT molecular complexity index is 248. The molecule has 0 fully saturated rings. The molecule has 0 aliphatic heterocycles. The minimum absolute atomic E-state index is 0.0908. The van der Waals surface area contributed by atoms with Crippen LogP contribution in [0.3, 0.4) is 0 Å². The quantitative estimate of drug-likeness (QED) is 0.637. The Labute approximate surface area is 83.6 Å². The van der Waals surface area contributed by atoms with Crippen molar-refractivity contribution in [3.8, 4) is 0 Å². The van der Waals surface area contributed by atoms with E-state index in [1.807, 2.05) is 0 Å². The zero-order valence-electron chi connectivity index (χ0n) is 9.09. The first-order chi connectivity index (χ1) is 6.09. The zero-order chi connectivity index (χ0) is 9.84. The van der Waals surface area contributed by atoms with Gasteiger partial charge in [0, 0.05) is 8.80 Å². The largest absolute Gasteiger partial charge is 0.0713 e. The van der Waals surface area contributed by atoms with E-state index >= 15 is 0 Å². The summed E-state index contributed by atoms with van der Waals surface area (Å²) in [5, 5.41) is 0. The Hall–Kier alpha value is -0.563. The fourth-order valence-electron chi connectivity index (χ4n) is 1.63. The summed E-state index contributed by atoms with van der Waals surface area (Å²) < 4.78 is 0. The average molecular weight is 191 g/mol. The van der Waals surface area contributed by atoms with Crippen LogP contribution in [0.25, 0.3) is 0 Å². The van der Waals surface area contributed by atoms with Crippen molar-refractivity contribution < 1.29 is 0 Å². The third kappa shape index (κ3) is 3.35. The Morgan fingerprint density at radius 2 is 1.69 bits per heavy atom.